The van der Waals surface area contributed by atoms with E-state index >= 15 is 0 Å². The highest BCUT2D eigenvalue weighted by atomic mass is 16.3. The Morgan fingerprint density at radius 3 is 2.08 bits per heavy atom. The Kier molecular flexibility index (Phi) is 5.60. The summed E-state index contributed by atoms with van der Waals surface area (Å²) >= 11 is 0. The molecule has 0 aliphatic heterocycles. The van der Waals surface area contributed by atoms with Gasteiger partial charge >= 0.3 is 0 Å². The third kappa shape index (κ3) is 3.78. The van der Waals surface area contributed by atoms with Gasteiger partial charge in [0.15, 0.2) is 17.2 Å². The van der Waals surface area contributed by atoms with E-state index in [9.17, 15) is 5.26 Å². The number of fused-ring (bicyclic) bond motifs is 12. The Morgan fingerprint density at radius 1 is 0.653 bits per heavy atom. The molecule has 6 heteroatoms. The van der Waals surface area contributed by atoms with Crippen LogP contribution in [0.15, 0.2) is 132 Å². The molecule has 0 unspecified atom stereocenters. The molecule has 0 amide bonds. The number of rotatable bonds is 3. The monoisotopic (exact) mass is 629 g/mol. The molecular formula is C43H27N5O. The van der Waals surface area contributed by atoms with Gasteiger partial charge in [0.25, 0.3) is 0 Å². The number of hydrogen-bond donors (Lipinski definition) is 0. The third-order valence-electron chi connectivity index (χ3n) is 10.1. The summed E-state index contributed by atoms with van der Waals surface area (Å²) in [7, 11) is 0. The van der Waals surface area contributed by atoms with Crippen LogP contribution in [0.3, 0.4) is 0 Å². The highest BCUT2D eigenvalue weighted by molar-refractivity contribution is 6.29. The van der Waals surface area contributed by atoms with E-state index in [-0.39, 0.29) is 5.41 Å². The van der Waals surface area contributed by atoms with E-state index in [2.05, 4.69) is 91.2 Å². The van der Waals surface area contributed by atoms with Crippen LogP contribution < -0.4 is 0 Å². The van der Waals surface area contributed by atoms with Crippen molar-refractivity contribution in [2.45, 2.75) is 19.3 Å². The lowest BCUT2D eigenvalue weighted by Crippen LogP contribution is -2.15. The van der Waals surface area contributed by atoms with Gasteiger partial charge in [-0.3, -0.25) is 4.57 Å². The maximum Gasteiger partial charge on any atom is 0.238 e. The Balaban J connectivity index is 1.41. The van der Waals surface area contributed by atoms with Crippen molar-refractivity contribution in [3.05, 3.63) is 144 Å². The molecule has 6 nitrogen and oxygen atoms in total. The first-order valence-corrected chi connectivity index (χ1v) is 16.4. The van der Waals surface area contributed by atoms with Gasteiger partial charge in [0.1, 0.15) is 11.1 Å². The van der Waals surface area contributed by atoms with Crippen LogP contribution in [0, 0.1) is 11.3 Å². The largest absolute Gasteiger partial charge is 0.454 e. The van der Waals surface area contributed by atoms with Crippen LogP contribution in [0.1, 0.15) is 30.5 Å². The molecule has 9 aromatic rings. The van der Waals surface area contributed by atoms with E-state index < -0.39 is 0 Å². The highest BCUT2D eigenvalue weighted by Gasteiger charge is 2.41. The van der Waals surface area contributed by atoms with E-state index in [1.165, 1.54) is 22.3 Å². The van der Waals surface area contributed by atoms with Crippen LogP contribution in [0.5, 0.6) is 0 Å². The van der Waals surface area contributed by atoms with Gasteiger partial charge in [-0.2, -0.15) is 15.2 Å². The first-order chi connectivity index (χ1) is 24.0. The standard InChI is InChI=1S/C43H27N5O/c1-43(2)31-17-9-6-14-28(31)34-35-29-15-7-10-18-32(29)48(38(35)39-36(37(34)43)30-16-8-11-19-33(30)49-39)42-46-40(26-12-4-3-5-13-26)45-41(47-42)27-22-20-25(24-44)21-23-27/h3-23H,1-2H3. The van der Waals surface area contributed by atoms with Crippen molar-refractivity contribution < 1.29 is 4.42 Å². The third-order valence-corrected chi connectivity index (χ3v) is 10.1. The molecule has 230 valence electrons. The Bertz CT molecular complexity index is 2850. The zero-order valence-electron chi connectivity index (χ0n) is 26.8. The fourth-order valence-corrected chi connectivity index (χ4v) is 7.91. The number of nitriles is 1. The van der Waals surface area contributed by atoms with E-state index in [4.69, 9.17) is 19.4 Å². The fraction of sp³-hybridized carbons (Fsp3) is 0.0698. The molecule has 10 rings (SSSR count). The zero-order chi connectivity index (χ0) is 32.9. The van der Waals surface area contributed by atoms with Crippen LogP contribution in [-0.4, -0.2) is 19.5 Å². The molecule has 0 radical (unpaired) electrons. The molecular weight excluding hydrogens is 603 g/mol. The van der Waals surface area contributed by atoms with Crippen LogP contribution in [0.4, 0.5) is 0 Å². The lowest BCUT2D eigenvalue weighted by atomic mass is 9.80. The maximum absolute atomic E-state index is 9.46. The summed E-state index contributed by atoms with van der Waals surface area (Å²) in [5.41, 5.74) is 10.6. The summed E-state index contributed by atoms with van der Waals surface area (Å²) in [4.78, 5) is 15.3. The number of para-hydroxylation sites is 2. The predicted octanol–water partition coefficient (Wildman–Crippen LogP) is 10.4. The average molecular weight is 630 g/mol. The van der Waals surface area contributed by atoms with Gasteiger partial charge in [-0.1, -0.05) is 105 Å². The van der Waals surface area contributed by atoms with Crippen molar-refractivity contribution in [1.82, 2.24) is 19.5 Å². The summed E-state index contributed by atoms with van der Waals surface area (Å²) in [5, 5.41) is 13.9. The molecule has 0 atom stereocenters. The van der Waals surface area contributed by atoms with Crippen molar-refractivity contribution in [2.24, 2.45) is 0 Å². The molecule has 0 N–H and O–H groups in total. The van der Waals surface area contributed by atoms with E-state index in [1.54, 1.807) is 12.1 Å². The number of hydrogen-bond acceptors (Lipinski definition) is 5. The first kappa shape index (κ1) is 27.5. The van der Waals surface area contributed by atoms with Gasteiger partial charge in [0.05, 0.1) is 17.1 Å². The van der Waals surface area contributed by atoms with E-state index in [1.807, 2.05) is 48.5 Å². The molecule has 0 saturated heterocycles. The highest BCUT2D eigenvalue weighted by Crippen LogP contribution is 2.57. The number of furan rings is 1. The topological polar surface area (TPSA) is 80.5 Å². The molecule has 6 aromatic carbocycles. The second-order valence-corrected chi connectivity index (χ2v) is 13.1. The van der Waals surface area contributed by atoms with Crippen molar-refractivity contribution in [3.8, 4) is 45.9 Å². The quantitative estimate of drug-likeness (QED) is 0.194. The molecule has 0 saturated carbocycles. The summed E-state index contributed by atoms with van der Waals surface area (Å²) in [6.45, 7) is 4.65. The smallest absolute Gasteiger partial charge is 0.238 e. The Hall–Kier alpha value is -6.58. The van der Waals surface area contributed by atoms with Crippen LogP contribution in [-0.2, 0) is 5.41 Å². The molecule has 0 bridgehead atoms. The summed E-state index contributed by atoms with van der Waals surface area (Å²) < 4.78 is 9.07. The lowest BCUT2D eigenvalue weighted by Gasteiger charge is -2.22. The van der Waals surface area contributed by atoms with Crippen molar-refractivity contribution in [2.75, 3.05) is 0 Å². The average Bonchev–Trinajstić information content (AvgIpc) is 3.78. The van der Waals surface area contributed by atoms with Gasteiger partial charge in [-0.15, -0.1) is 0 Å². The van der Waals surface area contributed by atoms with Gasteiger partial charge in [0.2, 0.25) is 5.95 Å². The number of nitrogens with zero attached hydrogens (tertiary/aromatic N) is 5. The zero-order valence-corrected chi connectivity index (χ0v) is 26.8. The Labute approximate surface area is 281 Å². The second kappa shape index (κ2) is 9.96. The summed E-state index contributed by atoms with van der Waals surface area (Å²) in [6.07, 6.45) is 0. The van der Waals surface area contributed by atoms with Gasteiger partial charge in [-0.25, -0.2) is 4.98 Å². The Morgan fingerprint density at radius 2 is 1.31 bits per heavy atom. The normalized spacial score (nSPS) is 13.2. The predicted molar refractivity (Wildman–Crippen MR) is 195 cm³/mol. The van der Waals surface area contributed by atoms with Crippen molar-refractivity contribution in [3.63, 3.8) is 0 Å². The fourth-order valence-electron chi connectivity index (χ4n) is 7.91. The van der Waals surface area contributed by atoms with Crippen molar-refractivity contribution in [1.29, 1.82) is 5.26 Å². The number of aromatic nitrogens is 4. The minimum absolute atomic E-state index is 0.259. The van der Waals surface area contributed by atoms with Crippen LogP contribution in [0.2, 0.25) is 0 Å². The molecule has 1 aliphatic carbocycles. The second-order valence-electron chi connectivity index (χ2n) is 13.1. The number of benzene rings is 6. The van der Waals surface area contributed by atoms with Crippen molar-refractivity contribution >= 4 is 43.7 Å². The molecule has 49 heavy (non-hydrogen) atoms. The van der Waals surface area contributed by atoms with Gasteiger partial charge in [0, 0.05) is 38.1 Å². The van der Waals surface area contributed by atoms with E-state index in [0.717, 1.165) is 54.9 Å². The molecule has 0 spiro atoms. The SMILES string of the molecule is CC1(C)c2ccccc2-c2c1c1c3ccccc3oc1c1c2c2ccccc2n1-c1nc(-c2ccccc2)nc(-c2ccc(C#N)cc2)n1. The molecule has 3 aromatic heterocycles. The van der Waals surface area contributed by atoms with Crippen LogP contribution in [0.25, 0.3) is 83.6 Å². The summed E-state index contributed by atoms with van der Waals surface area (Å²) in [5.74, 6) is 1.57. The molecule has 1 aliphatic rings. The van der Waals surface area contributed by atoms with Gasteiger partial charge in [-0.05, 0) is 58.7 Å². The minimum Gasteiger partial charge on any atom is -0.454 e. The minimum atomic E-state index is -0.259. The van der Waals surface area contributed by atoms with Crippen LogP contribution >= 0.6 is 0 Å². The van der Waals surface area contributed by atoms with Gasteiger partial charge < -0.3 is 4.42 Å². The lowest BCUT2D eigenvalue weighted by molar-refractivity contribution is 0.658. The summed E-state index contributed by atoms with van der Waals surface area (Å²) in [6, 6.07) is 45.2. The maximum atomic E-state index is 9.46. The molecule has 0 fully saturated rings. The van der Waals surface area contributed by atoms with E-state index in [0.29, 0.717) is 23.2 Å². The first-order valence-electron chi connectivity index (χ1n) is 16.4. The molecule has 3 heterocycles.